The van der Waals surface area contributed by atoms with Crippen LogP contribution in [0.2, 0.25) is 0 Å². The molecule has 0 aromatic carbocycles. The Morgan fingerprint density at radius 2 is 2.26 bits per heavy atom. The molecule has 2 aromatic rings. The largest absolute Gasteiger partial charge is 0.478 e. The van der Waals surface area contributed by atoms with Crippen molar-refractivity contribution in [1.82, 2.24) is 14.7 Å². The molecule has 97 valence electrons. The van der Waals surface area contributed by atoms with E-state index in [1.165, 1.54) is 0 Å². The van der Waals surface area contributed by atoms with Gasteiger partial charge in [-0.25, -0.2) is 9.78 Å². The fraction of sp³-hybridized carbons (Fsp3) is 0.385. The molecule has 0 aliphatic rings. The first-order valence-corrected chi connectivity index (χ1v) is 5.97. The second kappa shape index (κ2) is 6.76. The Bertz CT molecular complexity index is 566. The van der Waals surface area contributed by atoms with Crippen LogP contribution in [-0.2, 0) is 6.54 Å². The number of fused-ring (bicyclic) bond motifs is 1. The van der Waals surface area contributed by atoms with Crippen LogP contribution in [-0.4, -0.2) is 45.9 Å². The smallest absolute Gasteiger partial charge is 0.339 e. The number of carboxylic acid groups (broad SMARTS) is 1. The number of carboxylic acids is 1. The van der Waals surface area contributed by atoms with Crippen LogP contribution in [0.5, 0.6) is 0 Å². The van der Waals surface area contributed by atoms with Gasteiger partial charge >= 0.3 is 5.97 Å². The predicted octanol–water partition coefficient (Wildman–Crippen LogP) is 1.40. The summed E-state index contributed by atoms with van der Waals surface area (Å²) >= 11 is 0. The number of aromatic nitrogens is 2. The number of hydrogen-bond donors (Lipinski definition) is 2. The first-order valence-electron chi connectivity index (χ1n) is 5.97. The molecule has 0 bridgehead atoms. The predicted molar refractivity (Wildman–Crippen MR) is 74.5 cm³/mol. The number of aromatic carboxylic acids is 1. The molecule has 1 radical (unpaired) electrons. The SMILES string of the molecule is CC(C)CNCc1cc(C(=O)O)c2nccn2c1.[Li]. The van der Waals surface area contributed by atoms with Crippen molar-refractivity contribution in [3.05, 3.63) is 35.8 Å². The summed E-state index contributed by atoms with van der Waals surface area (Å²) in [5.74, 6) is -0.377. The molecule has 0 atom stereocenters. The van der Waals surface area contributed by atoms with Gasteiger partial charge in [-0.15, -0.1) is 0 Å². The zero-order valence-electron chi connectivity index (χ0n) is 11.6. The van der Waals surface area contributed by atoms with Gasteiger partial charge < -0.3 is 14.8 Å². The Kier molecular flexibility index (Phi) is 5.61. The summed E-state index contributed by atoms with van der Waals surface area (Å²) in [5.41, 5.74) is 1.66. The molecule has 0 aliphatic carbocycles. The van der Waals surface area contributed by atoms with E-state index < -0.39 is 5.97 Å². The average Bonchev–Trinajstić information content (AvgIpc) is 2.75. The molecule has 2 aromatic heterocycles. The van der Waals surface area contributed by atoms with E-state index in [4.69, 9.17) is 5.11 Å². The van der Waals surface area contributed by atoms with Crippen LogP contribution < -0.4 is 5.32 Å². The van der Waals surface area contributed by atoms with Gasteiger partial charge in [0.2, 0.25) is 0 Å². The molecule has 0 saturated carbocycles. The third kappa shape index (κ3) is 3.84. The molecule has 2 heterocycles. The molecule has 0 unspecified atom stereocenters. The van der Waals surface area contributed by atoms with Crippen molar-refractivity contribution in [2.75, 3.05) is 6.54 Å². The van der Waals surface area contributed by atoms with E-state index in [0.29, 0.717) is 18.1 Å². The van der Waals surface area contributed by atoms with Crippen molar-refractivity contribution in [2.45, 2.75) is 20.4 Å². The monoisotopic (exact) mass is 254 g/mol. The van der Waals surface area contributed by atoms with Crippen molar-refractivity contribution in [1.29, 1.82) is 0 Å². The minimum Gasteiger partial charge on any atom is -0.478 e. The minimum absolute atomic E-state index is 0. The fourth-order valence-corrected chi connectivity index (χ4v) is 1.85. The summed E-state index contributed by atoms with van der Waals surface area (Å²) in [4.78, 5) is 15.2. The third-order valence-corrected chi connectivity index (χ3v) is 2.66. The van der Waals surface area contributed by atoms with Gasteiger partial charge in [-0.3, -0.25) is 0 Å². The number of rotatable bonds is 5. The molecule has 0 saturated heterocycles. The number of carbonyl (C=O) groups is 1. The molecule has 0 aliphatic heterocycles. The molecule has 6 heteroatoms. The zero-order valence-corrected chi connectivity index (χ0v) is 11.6. The summed E-state index contributed by atoms with van der Waals surface area (Å²) in [7, 11) is 0. The summed E-state index contributed by atoms with van der Waals surface area (Å²) in [6.45, 7) is 5.83. The van der Waals surface area contributed by atoms with Gasteiger partial charge in [0.15, 0.2) is 5.65 Å². The summed E-state index contributed by atoms with van der Waals surface area (Å²) < 4.78 is 1.75. The summed E-state index contributed by atoms with van der Waals surface area (Å²) in [6, 6.07) is 1.68. The Morgan fingerprint density at radius 1 is 1.53 bits per heavy atom. The molecule has 0 fully saturated rings. The van der Waals surface area contributed by atoms with E-state index in [1.54, 1.807) is 22.9 Å². The summed E-state index contributed by atoms with van der Waals surface area (Å²) in [6.07, 6.45) is 5.27. The maximum atomic E-state index is 11.2. The molecule has 5 nitrogen and oxygen atoms in total. The number of hydrogen-bond acceptors (Lipinski definition) is 3. The molecule has 2 rings (SSSR count). The molecule has 2 N–H and O–H groups in total. The Hall–Kier alpha value is -1.28. The number of nitrogens with one attached hydrogen (secondary N) is 1. The number of pyridine rings is 1. The maximum Gasteiger partial charge on any atom is 0.339 e. The maximum absolute atomic E-state index is 11.2. The standard InChI is InChI=1S/C13H17N3O2.Li/c1-9(2)6-14-7-10-5-11(13(17)18)12-15-3-4-16(12)8-10;/h3-5,8-9,14H,6-7H2,1-2H3,(H,17,18);. The zero-order chi connectivity index (χ0) is 13.1. The Balaban J connectivity index is 0.00000180. The van der Waals surface area contributed by atoms with Crippen LogP contribution >= 0.6 is 0 Å². The Labute approximate surface area is 124 Å². The van der Waals surface area contributed by atoms with E-state index in [-0.39, 0.29) is 24.4 Å². The van der Waals surface area contributed by atoms with E-state index in [0.717, 1.165) is 12.1 Å². The second-order valence-corrected chi connectivity index (χ2v) is 4.75. The topological polar surface area (TPSA) is 66.6 Å². The molecular formula is C13H17LiN3O2. The fourth-order valence-electron chi connectivity index (χ4n) is 1.85. The van der Waals surface area contributed by atoms with Gasteiger partial charge in [-0.2, -0.15) is 0 Å². The van der Waals surface area contributed by atoms with Gasteiger partial charge in [0.25, 0.3) is 0 Å². The first kappa shape index (κ1) is 15.8. The van der Waals surface area contributed by atoms with Gasteiger partial charge in [0, 0.05) is 44.0 Å². The summed E-state index contributed by atoms with van der Waals surface area (Å²) in [5, 5.41) is 12.5. The first-order chi connectivity index (χ1) is 8.58. The van der Waals surface area contributed by atoms with Crippen molar-refractivity contribution >= 4 is 30.5 Å². The van der Waals surface area contributed by atoms with Gasteiger partial charge in [0.05, 0.1) is 0 Å². The van der Waals surface area contributed by atoms with Gasteiger partial charge in [0.1, 0.15) is 5.56 Å². The normalized spacial score (nSPS) is 10.7. The minimum atomic E-state index is -0.947. The molecule has 0 amide bonds. The van der Waals surface area contributed by atoms with Crippen molar-refractivity contribution in [3.63, 3.8) is 0 Å². The molecule has 19 heavy (non-hydrogen) atoms. The third-order valence-electron chi connectivity index (χ3n) is 2.66. The quantitative estimate of drug-likeness (QED) is 0.791. The van der Waals surface area contributed by atoms with E-state index in [9.17, 15) is 4.79 Å². The van der Waals surface area contributed by atoms with E-state index in [2.05, 4.69) is 24.1 Å². The molecular weight excluding hydrogens is 237 g/mol. The van der Waals surface area contributed by atoms with Crippen molar-refractivity contribution in [2.24, 2.45) is 5.92 Å². The average molecular weight is 254 g/mol. The number of imidazole rings is 1. The van der Waals surface area contributed by atoms with Gasteiger partial charge in [-0.1, -0.05) is 13.8 Å². The van der Waals surface area contributed by atoms with Crippen molar-refractivity contribution in [3.8, 4) is 0 Å². The van der Waals surface area contributed by atoms with E-state index >= 15 is 0 Å². The van der Waals surface area contributed by atoms with Crippen molar-refractivity contribution < 1.29 is 9.90 Å². The van der Waals surface area contributed by atoms with Crippen LogP contribution in [0.1, 0.15) is 29.8 Å². The second-order valence-electron chi connectivity index (χ2n) is 4.75. The van der Waals surface area contributed by atoms with Crippen LogP contribution in [0.15, 0.2) is 24.7 Å². The number of nitrogens with zero attached hydrogens (tertiary/aromatic N) is 2. The van der Waals surface area contributed by atoms with Crippen LogP contribution in [0.3, 0.4) is 0 Å². The van der Waals surface area contributed by atoms with Crippen LogP contribution in [0.4, 0.5) is 0 Å². The van der Waals surface area contributed by atoms with Crippen LogP contribution in [0, 0.1) is 5.92 Å². The Morgan fingerprint density at radius 3 is 2.89 bits per heavy atom. The van der Waals surface area contributed by atoms with E-state index in [1.807, 2.05) is 6.20 Å². The molecule has 0 spiro atoms. The van der Waals surface area contributed by atoms with Crippen LogP contribution in [0.25, 0.3) is 5.65 Å². The van der Waals surface area contributed by atoms with Gasteiger partial charge in [-0.05, 0) is 24.1 Å².